The molecule has 1 N–H and O–H groups in total. The van der Waals surface area contributed by atoms with Crippen LogP contribution in [0.5, 0.6) is 0 Å². The van der Waals surface area contributed by atoms with Crippen LogP contribution in [0.1, 0.15) is 18.9 Å². The molecule has 1 aromatic carbocycles. The molecule has 1 aromatic heterocycles. The summed E-state index contributed by atoms with van der Waals surface area (Å²) in [6, 6.07) is 6.56. The highest BCUT2D eigenvalue weighted by atomic mass is 16.5. The molecule has 0 unspecified atom stereocenters. The van der Waals surface area contributed by atoms with E-state index in [0.29, 0.717) is 29.0 Å². The highest BCUT2D eigenvalue weighted by molar-refractivity contribution is 5.92. The Labute approximate surface area is 147 Å². The number of nitrogens with one attached hydrogen (secondary N) is 1. The zero-order chi connectivity index (χ0) is 17.2. The largest absolute Gasteiger partial charge is 0.381 e. The van der Waals surface area contributed by atoms with Gasteiger partial charge in [-0.1, -0.05) is 6.92 Å². The van der Waals surface area contributed by atoms with Crippen molar-refractivity contribution in [3.8, 4) is 6.07 Å². The standard InChI is InChI=1S/C19H23N5O/c1-13-6-16(23-8-14-11-25-12-14)10-24(9-13)17-3-2-15(7-20)18-19(17)22-5-4-21-18/h2-5,13-14,16,23H,6,8-12H2,1H3/t13-,16+/m0/s1. The zero-order valence-electron chi connectivity index (χ0n) is 14.5. The molecule has 0 bridgehead atoms. The van der Waals surface area contributed by atoms with E-state index in [-0.39, 0.29) is 0 Å². The topological polar surface area (TPSA) is 74.1 Å². The van der Waals surface area contributed by atoms with Crippen molar-refractivity contribution in [3.63, 3.8) is 0 Å². The number of hydrogen-bond donors (Lipinski definition) is 1. The molecule has 6 heteroatoms. The zero-order valence-corrected chi connectivity index (χ0v) is 14.5. The first-order valence-corrected chi connectivity index (χ1v) is 8.94. The van der Waals surface area contributed by atoms with Crippen molar-refractivity contribution in [2.24, 2.45) is 11.8 Å². The molecule has 3 heterocycles. The highest BCUT2D eigenvalue weighted by Gasteiger charge is 2.28. The second-order valence-corrected chi connectivity index (χ2v) is 7.25. The highest BCUT2D eigenvalue weighted by Crippen LogP contribution is 2.30. The predicted molar refractivity (Wildman–Crippen MR) is 96.3 cm³/mol. The summed E-state index contributed by atoms with van der Waals surface area (Å²) in [7, 11) is 0. The summed E-state index contributed by atoms with van der Waals surface area (Å²) in [5.41, 5.74) is 3.17. The molecular weight excluding hydrogens is 314 g/mol. The molecule has 2 aliphatic heterocycles. The molecule has 25 heavy (non-hydrogen) atoms. The molecule has 0 aliphatic carbocycles. The molecule has 6 nitrogen and oxygen atoms in total. The summed E-state index contributed by atoms with van der Waals surface area (Å²) in [4.78, 5) is 11.3. The Balaban J connectivity index is 1.57. The van der Waals surface area contributed by atoms with Crippen LogP contribution in [0.2, 0.25) is 0 Å². The van der Waals surface area contributed by atoms with Gasteiger partial charge in [-0.15, -0.1) is 0 Å². The monoisotopic (exact) mass is 337 g/mol. The first kappa shape index (κ1) is 16.2. The van der Waals surface area contributed by atoms with Gasteiger partial charge in [-0.3, -0.25) is 9.97 Å². The maximum absolute atomic E-state index is 9.32. The first-order valence-electron chi connectivity index (χ1n) is 8.94. The molecule has 0 spiro atoms. The van der Waals surface area contributed by atoms with Crippen LogP contribution in [0.25, 0.3) is 11.0 Å². The van der Waals surface area contributed by atoms with Crippen molar-refractivity contribution < 1.29 is 4.74 Å². The molecule has 2 fully saturated rings. The Kier molecular flexibility index (Phi) is 4.51. The quantitative estimate of drug-likeness (QED) is 0.919. The number of nitriles is 1. The van der Waals surface area contributed by atoms with Crippen molar-refractivity contribution in [2.45, 2.75) is 19.4 Å². The van der Waals surface area contributed by atoms with E-state index in [1.807, 2.05) is 12.1 Å². The fourth-order valence-electron chi connectivity index (χ4n) is 3.82. The second-order valence-electron chi connectivity index (χ2n) is 7.25. The Morgan fingerprint density at radius 1 is 1.24 bits per heavy atom. The summed E-state index contributed by atoms with van der Waals surface area (Å²) in [5.74, 6) is 1.26. The van der Waals surface area contributed by atoms with Gasteiger partial charge in [0.05, 0.1) is 24.5 Å². The van der Waals surface area contributed by atoms with E-state index in [9.17, 15) is 5.26 Å². The number of anilines is 1. The van der Waals surface area contributed by atoms with Crippen LogP contribution in [-0.4, -0.2) is 48.9 Å². The van der Waals surface area contributed by atoms with Crippen LogP contribution in [-0.2, 0) is 4.74 Å². The lowest BCUT2D eigenvalue weighted by Crippen LogP contribution is -2.51. The van der Waals surface area contributed by atoms with E-state index < -0.39 is 0 Å². The Bertz CT molecular complexity index is 798. The van der Waals surface area contributed by atoms with Crippen molar-refractivity contribution in [3.05, 3.63) is 30.1 Å². The molecule has 4 rings (SSSR count). The van der Waals surface area contributed by atoms with Crippen molar-refractivity contribution in [1.82, 2.24) is 15.3 Å². The summed E-state index contributed by atoms with van der Waals surface area (Å²) in [6.07, 6.45) is 4.54. The molecule has 130 valence electrons. The van der Waals surface area contributed by atoms with Gasteiger partial charge in [0, 0.05) is 44.0 Å². The van der Waals surface area contributed by atoms with Gasteiger partial charge >= 0.3 is 0 Å². The van der Waals surface area contributed by atoms with Crippen LogP contribution < -0.4 is 10.2 Å². The van der Waals surface area contributed by atoms with E-state index in [4.69, 9.17) is 4.74 Å². The Hall–Kier alpha value is -2.23. The molecule has 2 saturated heterocycles. The van der Waals surface area contributed by atoms with Gasteiger partial charge in [0.2, 0.25) is 0 Å². The minimum Gasteiger partial charge on any atom is -0.381 e. The van der Waals surface area contributed by atoms with E-state index >= 15 is 0 Å². The predicted octanol–water partition coefficient (Wildman–Crippen LogP) is 1.95. The molecule has 0 saturated carbocycles. The van der Waals surface area contributed by atoms with E-state index in [2.05, 4.69) is 33.2 Å². The molecule has 2 aromatic rings. The fourth-order valence-corrected chi connectivity index (χ4v) is 3.82. The van der Waals surface area contributed by atoms with E-state index in [0.717, 1.165) is 44.1 Å². The molecule has 2 aliphatic rings. The fraction of sp³-hybridized carbons (Fsp3) is 0.526. The average Bonchev–Trinajstić information content (AvgIpc) is 2.59. The van der Waals surface area contributed by atoms with Crippen LogP contribution in [0, 0.1) is 23.2 Å². The van der Waals surface area contributed by atoms with Crippen LogP contribution >= 0.6 is 0 Å². The van der Waals surface area contributed by atoms with Crippen molar-refractivity contribution >= 4 is 16.7 Å². The van der Waals surface area contributed by atoms with E-state index in [1.165, 1.54) is 6.42 Å². The number of aromatic nitrogens is 2. The summed E-state index contributed by atoms with van der Waals surface area (Å²) >= 11 is 0. The van der Waals surface area contributed by atoms with Gasteiger partial charge in [0.15, 0.2) is 0 Å². The third-order valence-electron chi connectivity index (χ3n) is 5.13. The SMILES string of the molecule is C[C@H]1C[C@@H](NCC2COC2)CN(c2ccc(C#N)c3nccnc23)C1. The number of ether oxygens (including phenoxy) is 1. The first-order chi connectivity index (χ1) is 12.2. The van der Waals surface area contributed by atoms with Crippen LogP contribution in [0.4, 0.5) is 5.69 Å². The van der Waals surface area contributed by atoms with E-state index in [1.54, 1.807) is 12.4 Å². The van der Waals surface area contributed by atoms with Gasteiger partial charge in [-0.25, -0.2) is 0 Å². The number of hydrogen-bond acceptors (Lipinski definition) is 6. The lowest BCUT2D eigenvalue weighted by Gasteiger charge is -2.39. The molecule has 2 atom stereocenters. The maximum Gasteiger partial charge on any atom is 0.113 e. The number of nitrogens with zero attached hydrogens (tertiary/aromatic N) is 4. The van der Waals surface area contributed by atoms with Gasteiger partial charge < -0.3 is 15.0 Å². The average molecular weight is 337 g/mol. The minimum absolute atomic E-state index is 0.465. The lowest BCUT2D eigenvalue weighted by molar-refractivity contribution is -0.0319. The normalized spacial score (nSPS) is 24.1. The summed E-state index contributed by atoms with van der Waals surface area (Å²) in [6.45, 7) is 7.05. The van der Waals surface area contributed by atoms with Crippen LogP contribution in [0.15, 0.2) is 24.5 Å². The number of piperidine rings is 1. The minimum atomic E-state index is 0.465. The Morgan fingerprint density at radius 2 is 2.04 bits per heavy atom. The second kappa shape index (κ2) is 6.95. The number of benzene rings is 1. The van der Waals surface area contributed by atoms with Gasteiger partial charge in [-0.2, -0.15) is 5.26 Å². The van der Waals surface area contributed by atoms with Gasteiger partial charge in [0.1, 0.15) is 17.1 Å². The molecule has 0 amide bonds. The van der Waals surface area contributed by atoms with Crippen molar-refractivity contribution in [2.75, 3.05) is 37.7 Å². The summed E-state index contributed by atoms with van der Waals surface area (Å²) < 4.78 is 5.26. The summed E-state index contributed by atoms with van der Waals surface area (Å²) in [5, 5.41) is 13.0. The third-order valence-corrected chi connectivity index (χ3v) is 5.13. The lowest BCUT2D eigenvalue weighted by atomic mass is 9.94. The Morgan fingerprint density at radius 3 is 2.76 bits per heavy atom. The third kappa shape index (κ3) is 3.30. The van der Waals surface area contributed by atoms with Crippen molar-refractivity contribution in [1.29, 1.82) is 5.26 Å². The van der Waals surface area contributed by atoms with Gasteiger partial charge in [-0.05, 0) is 24.5 Å². The smallest absolute Gasteiger partial charge is 0.113 e. The molecular formula is C19H23N5O. The van der Waals surface area contributed by atoms with Gasteiger partial charge in [0.25, 0.3) is 0 Å². The number of rotatable bonds is 4. The number of fused-ring (bicyclic) bond motifs is 1. The maximum atomic E-state index is 9.32. The van der Waals surface area contributed by atoms with Crippen LogP contribution in [0.3, 0.4) is 0 Å². The molecule has 0 radical (unpaired) electrons.